The molecule has 0 amide bonds. The molecule has 2 fully saturated rings. The molecule has 27 heavy (non-hydrogen) atoms. The third-order valence-corrected chi connectivity index (χ3v) is 5.43. The van der Waals surface area contributed by atoms with Crippen LogP contribution in [-0.4, -0.2) is 82.9 Å². The van der Waals surface area contributed by atoms with Gasteiger partial charge in [0.2, 0.25) is 6.29 Å². The Labute approximate surface area is 155 Å². The summed E-state index contributed by atoms with van der Waals surface area (Å²) in [6, 6.07) is 0. The van der Waals surface area contributed by atoms with E-state index in [1.165, 1.54) is 7.11 Å². The summed E-state index contributed by atoms with van der Waals surface area (Å²) in [7, 11) is 1.21. The first-order valence-corrected chi connectivity index (χ1v) is 8.72. The first-order valence-electron chi connectivity index (χ1n) is 8.72. The van der Waals surface area contributed by atoms with Crippen molar-refractivity contribution in [2.24, 2.45) is 17.8 Å². The Morgan fingerprint density at radius 3 is 2.56 bits per heavy atom. The van der Waals surface area contributed by atoms with Crippen molar-refractivity contribution < 1.29 is 49.0 Å². The van der Waals surface area contributed by atoms with E-state index in [0.717, 1.165) is 6.26 Å². The molecule has 1 aliphatic carbocycles. The molecule has 1 saturated carbocycles. The Morgan fingerprint density at radius 2 is 1.93 bits per heavy atom. The second kappa shape index (κ2) is 7.82. The summed E-state index contributed by atoms with van der Waals surface area (Å²) in [6.07, 6.45) is -6.93. The minimum Gasteiger partial charge on any atom is -0.472 e. The number of aliphatic hydroxyl groups is 4. The van der Waals surface area contributed by atoms with Gasteiger partial charge in [-0.1, -0.05) is 6.92 Å². The van der Waals surface area contributed by atoms with E-state index in [2.05, 4.69) is 0 Å². The summed E-state index contributed by atoms with van der Waals surface area (Å²) in [6.45, 7) is 1.22. The zero-order valence-corrected chi connectivity index (χ0v) is 14.9. The molecule has 0 aromatic rings. The van der Waals surface area contributed by atoms with Gasteiger partial charge in [-0.05, 0) is 5.92 Å². The fraction of sp³-hybridized carbons (Fsp3) is 0.765. The van der Waals surface area contributed by atoms with Crippen molar-refractivity contribution in [3.8, 4) is 0 Å². The largest absolute Gasteiger partial charge is 0.472 e. The average Bonchev–Trinajstić information content (AvgIpc) is 2.96. The number of hydrogen-bond acceptors (Lipinski definition) is 10. The number of carbonyl (C=O) groups is 2. The van der Waals surface area contributed by atoms with Crippen molar-refractivity contribution in [2.75, 3.05) is 13.7 Å². The third kappa shape index (κ3) is 3.48. The molecular formula is C17H24O10. The third-order valence-electron chi connectivity index (χ3n) is 5.43. The molecule has 0 bridgehead atoms. The highest BCUT2D eigenvalue weighted by Gasteiger charge is 2.54. The number of esters is 1. The molecule has 1 unspecified atom stereocenters. The van der Waals surface area contributed by atoms with Crippen LogP contribution in [0.4, 0.5) is 0 Å². The molecule has 3 aliphatic rings. The first kappa shape index (κ1) is 20.2. The minimum atomic E-state index is -1.59. The van der Waals surface area contributed by atoms with Crippen molar-refractivity contribution in [1.29, 1.82) is 0 Å². The summed E-state index contributed by atoms with van der Waals surface area (Å²) < 4.78 is 21.2. The number of methoxy groups -OCH3 is 1. The van der Waals surface area contributed by atoms with Crippen LogP contribution in [0.15, 0.2) is 11.8 Å². The van der Waals surface area contributed by atoms with E-state index in [0.29, 0.717) is 0 Å². The lowest BCUT2D eigenvalue weighted by Gasteiger charge is -2.42. The van der Waals surface area contributed by atoms with E-state index < -0.39 is 61.4 Å². The predicted octanol–water partition coefficient (Wildman–Crippen LogP) is -1.94. The number of Topliss-reactive ketones (excluding diaryl/α,β-unsaturated/α-hetero) is 1. The first-order chi connectivity index (χ1) is 12.8. The lowest BCUT2D eigenvalue weighted by molar-refractivity contribution is -0.342. The molecule has 0 spiro atoms. The maximum atomic E-state index is 12.4. The van der Waals surface area contributed by atoms with Gasteiger partial charge in [-0.15, -0.1) is 0 Å². The molecule has 0 radical (unpaired) electrons. The van der Waals surface area contributed by atoms with Gasteiger partial charge in [0.05, 0.1) is 31.5 Å². The maximum Gasteiger partial charge on any atom is 0.337 e. The molecule has 3 rings (SSSR count). The molecule has 0 aromatic heterocycles. The van der Waals surface area contributed by atoms with E-state index in [4.69, 9.17) is 18.9 Å². The van der Waals surface area contributed by atoms with E-state index in [-0.39, 0.29) is 23.7 Å². The van der Waals surface area contributed by atoms with Crippen LogP contribution < -0.4 is 0 Å². The number of aliphatic hydroxyl groups excluding tert-OH is 4. The summed E-state index contributed by atoms with van der Waals surface area (Å²) in [5.74, 6) is -2.28. The Balaban J connectivity index is 1.82. The standard InChI is InChI=1S/C17H24O10/c1-6-3-8(19)11-7(15(23)24-2)5-25-16(10(6)11)27-17-14(22)13(21)12(20)9(4-18)26-17/h5-6,9-14,16-18,20-22H,3-4H2,1-2H3/t6-,9+,10+,11-,12+,13-,14+,16?,17-/m0/s1. The van der Waals surface area contributed by atoms with Gasteiger partial charge in [-0.25, -0.2) is 4.79 Å². The maximum absolute atomic E-state index is 12.4. The highest BCUT2D eigenvalue weighted by Crippen LogP contribution is 2.45. The van der Waals surface area contributed by atoms with Crippen LogP contribution in [0.5, 0.6) is 0 Å². The zero-order valence-electron chi connectivity index (χ0n) is 14.9. The summed E-state index contributed by atoms with van der Waals surface area (Å²) in [4.78, 5) is 24.4. The molecule has 10 heteroatoms. The Morgan fingerprint density at radius 1 is 1.22 bits per heavy atom. The molecule has 1 saturated heterocycles. The lowest BCUT2D eigenvalue weighted by atomic mass is 9.83. The van der Waals surface area contributed by atoms with Crippen LogP contribution in [0, 0.1) is 17.8 Å². The van der Waals surface area contributed by atoms with Gasteiger partial charge in [0, 0.05) is 12.3 Å². The zero-order chi connectivity index (χ0) is 19.9. The summed E-state index contributed by atoms with van der Waals surface area (Å²) >= 11 is 0. The number of hydrogen-bond donors (Lipinski definition) is 4. The normalized spacial score (nSPS) is 44.3. The molecule has 152 valence electrons. The highest BCUT2D eigenvalue weighted by molar-refractivity contribution is 5.99. The quantitative estimate of drug-likeness (QED) is 0.400. The van der Waals surface area contributed by atoms with Crippen LogP contribution >= 0.6 is 0 Å². The monoisotopic (exact) mass is 388 g/mol. The fourth-order valence-electron chi connectivity index (χ4n) is 3.96. The van der Waals surface area contributed by atoms with E-state index in [9.17, 15) is 30.0 Å². The van der Waals surface area contributed by atoms with Crippen molar-refractivity contribution in [3.63, 3.8) is 0 Å². The minimum absolute atomic E-state index is 0.102. The molecular weight excluding hydrogens is 364 g/mol. The van der Waals surface area contributed by atoms with Gasteiger partial charge < -0.3 is 39.4 Å². The molecule has 10 nitrogen and oxygen atoms in total. The number of ether oxygens (including phenoxy) is 4. The van der Waals surface area contributed by atoms with Gasteiger partial charge >= 0.3 is 5.97 Å². The molecule has 2 aliphatic heterocycles. The second-order valence-electron chi connectivity index (χ2n) is 7.11. The Hall–Kier alpha value is -1.56. The van der Waals surface area contributed by atoms with Crippen molar-refractivity contribution >= 4 is 11.8 Å². The van der Waals surface area contributed by atoms with Crippen LogP contribution in [-0.2, 0) is 28.5 Å². The summed E-state index contributed by atoms with van der Waals surface area (Å²) in [5.41, 5.74) is 0.102. The van der Waals surface area contributed by atoms with Gasteiger partial charge in [0.15, 0.2) is 6.29 Å². The van der Waals surface area contributed by atoms with Crippen molar-refractivity contribution in [2.45, 2.75) is 50.3 Å². The molecule has 9 atom stereocenters. The second-order valence-corrected chi connectivity index (χ2v) is 7.11. The summed E-state index contributed by atoms with van der Waals surface area (Å²) in [5, 5.41) is 39.1. The van der Waals surface area contributed by atoms with Gasteiger partial charge in [0.1, 0.15) is 30.2 Å². The Kier molecular flexibility index (Phi) is 5.84. The van der Waals surface area contributed by atoms with E-state index >= 15 is 0 Å². The Bertz CT molecular complexity index is 617. The van der Waals surface area contributed by atoms with Gasteiger partial charge in [-0.3, -0.25) is 4.79 Å². The van der Waals surface area contributed by atoms with Crippen LogP contribution in [0.3, 0.4) is 0 Å². The number of ketones is 1. The van der Waals surface area contributed by atoms with Crippen LogP contribution in [0.1, 0.15) is 13.3 Å². The van der Waals surface area contributed by atoms with Crippen LogP contribution in [0.25, 0.3) is 0 Å². The van der Waals surface area contributed by atoms with Crippen LogP contribution in [0.2, 0.25) is 0 Å². The predicted molar refractivity (Wildman–Crippen MR) is 85.6 cm³/mol. The molecule has 4 N–H and O–H groups in total. The average molecular weight is 388 g/mol. The number of fused-ring (bicyclic) bond motifs is 1. The van der Waals surface area contributed by atoms with E-state index in [1.807, 2.05) is 6.92 Å². The molecule has 0 aromatic carbocycles. The SMILES string of the molecule is COC(=O)C1=COC(O[C@@H]2O[C@H](CO)[C@@H](O)[C@H](O)[C@H]2O)[C@H]2[C@@H]1C(=O)C[C@@H]2C. The lowest BCUT2D eigenvalue weighted by Crippen LogP contribution is -2.60. The van der Waals surface area contributed by atoms with Crippen molar-refractivity contribution in [1.82, 2.24) is 0 Å². The van der Waals surface area contributed by atoms with E-state index in [1.54, 1.807) is 0 Å². The topological polar surface area (TPSA) is 152 Å². The highest BCUT2D eigenvalue weighted by atomic mass is 16.8. The smallest absolute Gasteiger partial charge is 0.337 e. The molecule has 2 heterocycles. The van der Waals surface area contributed by atoms with Crippen molar-refractivity contribution in [3.05, 3.63) is 11.8 Å². The van der Waals surface area contributed by atoms with Gasteiger partial charge in [0.25, 0.3) is 0 Å². The van der Waals surface area contributed by atoms with Gasteiger partial charge in [-0.2, -0.15) is 0 Å². The fourth-order valence-corrected chi connectivity index (χ4v) is 3.96. The number of carbonyl (C=O) groups excluding carboxylic acids is 2. The number of rotatable bonds is 4.